The van der Waals surface area contributed by atoms with Gasteiger partial charge in [0.2, 0.25) is 5.91 Å². The predicted molar refractivity (Wildman–Crippen MR) is 44.7 cm³/mol. The molecule has 0 aromatic carbocycles. The summed E-state index contributed by atoms with van der Waals surface area (Å²) in [6, 6.07) is 0. The van der Waals surface area contributed by atoms with E-state index in [1.165, 1.54) is 6.08 Å². The van der Waals surface area contributed by atoms with Gasteiger partial charge in [-0.25, -0.2) is 0 Å². The average Bonchev–Trinajstić information content (AvgIpc) is 2.42. The Morgan fingerprint density at radius 3 is 2.85 bits per heavy atom. The standard InChI is InChI=1S/C9H9NO3/c1-6-4-9(3-2-7(6)11)10-8(12)5-13-9/h2-4H,5H2,1H3,(H,10,12). The van der Waals surface area contributed by atoms with E-state index in [4.69, 9.17) is 4.74 Å². The van der Waals surface area contributed by atoms with E-state index in [9.17, 15) is 9.59 Å². The Balaban J connectivity index is 2.32. The van der Waals surface area contributed by atoms with Crippen molar-refractivity contribution in [3.8, 4) is 0 Å². The molecule has 4 nitrogen and oxygen atoms in total. The summed E-state index contributed by atoms with van der Waals surface area (Å²) in [5.74, 6) is -0.210. The molecule has 0 saturated carbocycles. The Bertz CT molecular complexity index is 343. The van der Waals surface area contributed by atoms with Crippen LogP contribution in [-0.4, -0.2) is 24.0 Å². The third kappa shape index (κ3) is 1.29. The lowest BCUT2D eigenvalue weighted by molar-refractivity contribution is -0.119. The van der Waals surface area contributed by atoms with E-state index in [-0.39, 0.29) is 18.3 Å². The van der Waals surface area contributed by atoms with Crippen LogP contribution in [0, 0.1) is 0 Å². The van der Waals surface area contributed by atoms with Crippen LogP contribution in [0.3, 0.4) is 0 Å². The van der Waals surface area contributed by atoms with Gasteiger partial charge in [0.05, 0.1) is 0 Å². The minimum Gasteiger partial charge on any atom is -0.338 e. The molecule has 1 N–H and O–H groups in total. The highest BCUT2D eigenvalue weighted by molar-refractivity contribution is 6.05. The van der Waals surface area contributed by atoms with Crippen LogP contribution in [0.4, 0.5) is 0 Å². The Morgan fingerprint density at radius 2 is 2.31 bits per heavy atom. The number of nitrogens with one attached hydrogen (secondary N) is 1. The van der Waals surface area contributed by atoms with Gasteiger partial charge in [-0.1, -0.05) is 0 Å². The second-order valence-corrected chi connectivity index (χ2v) is 3.15. The van der Waals surface area contributed by atoms with Crippen LogP contribution < -0.4 is 5.32 Å². The van der Waals surface area contributed by atoms with Gasteiger partial charge in [0.25, 0.3) is 0 Å². The van der Waals surface area contributed by atoms with Crippen molar-refractivity contribution in [1.29, 1.82) is 0 Å². The SMILES string of the molecule is CC1=CC2(C=CC1=O)NC(=O)CO2. The zero-order valence-electron chi connectivity index (χ0n) is 7.16. The van der Waals surface area contributed by atoms with E-state index in [1.807, 2.05) is 0 Å². The molecule has 1 saturated heterocycles. The second kappa shape index (κ2) is 2.53. The van der Waals surface area contributed by atoms with Crippen molar-refractivity contribution in [2.24, 2.45) is 0 Å². The zero-order chi connectivity index (χ0) is 9.47. The minimum atomic E-state index is -0.866. The van der Waals surface area contributed by atoms with Gasteiger partial charge in [-0.3, -0.25) is 9.59 Å². The number of allylic oxidation sites excluding steroid dienone is 2. The topological polar surface area (TPSA) is 55.4 Å². The molecule has 0 radical (unpaired) electrons. The van der Waals surface area contributed by atoms with E-state index >= 15 is 0 Å². The van der Waals surface area contributed by atoms with E-state index < -0.39 is 5.72 Å². The molecule has 1 spiro atoms. The molecule has 0 bridgehead atoms. The third-order valence-electron chi connectivity index (χ3n) is 2.08. The van der Waals surface area contributed by atoms with Crippen molar-refractivity contribution in [1.82, 2.24) is 5.32 Å². The van der Waals surface area contributed by atoms with Crippen LogP contribution in [0.25, 0.3) is 0 Å². The van der Waals surface area contributed by atoms with Gasteiger partial charge in [-0.2, -0.15) is 0 Å². The summed E-state index contributed by atoms with van der Waals surface area (Å²) in [7, 11) is 0. The lowest BCUT2D eigenvalue weighted by Crippen LogP contribution is -2.40. The Morgan fingerprint density at radius 1 is 1.54 bits per heavy atom. The van der Waals surface area contributed by atoms with Gasteiger partial charge in [-0.05, 0) is 30.7 Å². The summed E-state index contributed by atoms with van der Waals surface area (Å²) in [5, 5.41) is 2.64. The Kier molecular flexibility index (Phi) is 1.60. The molecule has 0 aromatic heterocycles. The minimum absolute atomic E-state index is 0.0440. The fourth-order valence-corrected chi connectivity index (χ4v) is 1.41. The van der Waals surface area contributed by atoms with Crippen molar-refractivity contribution >= 4 is 11.7 Å². The molecule has 2 rings (SSSR count). The van der Waals surface area contributed by atoms with Crippen molar-refractivity contribution in [2.75, 3.05) is 6.61 Å². The van der Waals surface area contributed by atoms with Crippen molar-refractivity contribution in [3.05, 3.63) is 23.8 Å². The summed E-state index contributed by atoms with van der Waals surface area (Å²) in [6.45, 7) is 1.74. The summed E-state index contributed by atoms with van der Waals surface area (Å²) >= 11 is 0. The van der Waals surface area contributed by atoms with Crippen LogP contribution in [-0.2, 0) is 14.3 Å². The first-order valence-corrected chi connectivity index (χ1v) is 3.99. The van der Waals surface area contributed by atoms with Crippen LogP contribution in [0.1, 0.15) is 6.92 Å². The zero-order valence-corrected chi connectivity index (χ0v) is 7.16. The van der Waals surface area contributed by atoms with Gasteiger partial charge in [0, 0.05) is 0 Å². The first-order chi connectivity index (χ1) is 6.11. The molecule has 2 aliphatic rings. The number of amides is 1. The van der Waals surface area contributed by atoms with Crippen molar-refractivity contribution in [2.45, 2.75) is 12.6 Å². The summed E-state index contributed by atoms with van der Waals surface area (Å²) in [6.07, 6.45) is 4.61. The van der Waals surface area contributed by atoms with E-state index in [0.29, 0.717) is 5.57 Å². The quantitative estimate of drug-likeness (QED) is 0.565. The molecule has 68 valence electrons. The van der Waals surface area contributed by atoms with Crippen LogP contribution >= 0.6 is 0 Å². The van der Waals surface area contributed by atoms with Crippen molar-refractivity contribution in [3.63, 3.8) is 0 Å². The monoisotopic (exact) mass is 179 g/mol. The molecule has 1 heterocycles. The van der Waals surface area contributed by atoms with Gasteiger partial charge >= 0.3 is 0 Å². The Hall–Kier alpha value is -1.42. The normalized spacial score (nSPS) is 32.2. The van der Waals surface area contributed by atoms with Crippen LogP contribution in [0.2, 0.25) is 0 Å². The summed E-state index contributed by atoms with van der Waals surface area (Å²) in [5.41, 5.74) is -0.278. The van der Waals surface area contributed by atoms with Crippen molar-refractivity contribution < 1.29 is 14.3 Å². The highest BCUT2D eigenvalue weighted by Crippen LogP contribution is 2.22. The molecule has 1 unspecified atom stereocenters. The van der Waals surface area contributed by atoms with Crippen LogP contribution in [0.5, 0.6) is 0 Å². The summed E-state index contributed by atoms with van der Waals surface area (Å²) < 4.78 is 5.24. The first-order valence-electron chi connectivity index (χ1n) is 3.99. The number of ketones is 1. The molecule has 13 heavy (non-hydrogen) atoms. The molecule has 1 atom stereocenters. The fraction of sp³-hybridized carbons (Fsp3) is 0.333. The second-order valence-electron chi connectivity index (χ2n) is 3.15. The average molecular weight is 179 g/mol. The Labute approximate surface area is 75.3 Å². The van der Waals surface area contributed by atoms with Crippen LogP contribution in [0.15, 0.2) is 23.8 Å². The maximum atomic E-state index is 11.1. The maximum absolute atomic E-state index is 11.1. The maximum Gasteiger partial charge on any atom is 0.248 e. The van der Waals surface area contributed by atoms with Gasteiger partial charge in [0.1, 0.15) is 6.61 Å². The third-order valence-corrected chi connectivity index (χ3v) is 2.08. The van der Waals surface area contributed by atoms with Gasteiger partial charge in [0.15, 0.2) is 11.5 Å². The first kappa shape index (κ1) is 8.19. The number of hydrogen-bond donors (Lipinski definition) is 1. The molecule has 1 aliphatic heterocycles. The number of hydrogen-bond acceptors (Lipinski definition) is 3. The highest BCUT2D eigenvalue weighted by atomic mass is 16.5. The predicted octanol–water partition coefficient (Wildman–Crippen LogP) is -0.0857. The molecule has 1 aliphatic carbocycles. The lowest BCUT2D eigenvalue weighted by Gasteiger charge is -2.23. The molecule has 4 heteroatoms. The lowest BCUT2D eigenvalue weighted by atomic mass is 10.0. The number of carbonyl (C=O) groups is 2. The molecule has 1 amide bonds. The fourth-order valence-electron chi connectivity index (χ4n) is 1.41. The van der Waals surface area contributed by atoms with Gasteiger partial charge in [-0.15, -0.1) is 0 Å². The van der Waals surface area contributed by atoms with E-state index in [1.54, 1.807) is 19.1 Å². The summed E-state index contributed by atoms with van der Waals surface area (Å²) in [4.78, 5) is 22.0. The molecule has 0 aromatic rings. The van der Waals surface area contributed by atoms with E-state index in [0.717, 1.165) is 0 Å². The molecular formula is C9H9NO3. The highest BCUT2D eigenvalue weighted by Gasteiger charge is 2.36. The number of rotatable bonds is 0. The largest absolute Gasteiger partial charge is 0.338 e. The molecular weight excluding hydrogens is 170 g/mol. The smallest absolute Gasteiger partial charge is 0.248 e. The molecule has 1 fully saturated rings. The number of carbonyl (C=O) groups excluding carboxylic acids is 2. The van der Waals surface area contributed by atoms with Gasteiger partial charge < -0.3 is 10.1 Å². The van der Waals surface area contributed by atoms with E-state index in [2.05, 4.69) is 5.32 Å². The number of ether oxygens (including phenoxy) is 1.